The molecule has 0 spiro atoms. The lowest BCUT2D eigenvalue weighted by molar-refractivity contribution is -0.123. The van der Waals surface area contributed by atoms with Crippen LogP contribution in [0.25, 0.3) is 10.9 Å². The number of pyridine rings is 1. The molecule has 0 saturated carbocycles. The summed E-state index contributed by atoms with van der Waals surface area (Å²) in [6, 6.07) is 10.8. The van der Waals surface area contributed by atoms with Gasteiger partial charge < -0.3 is 14.6 Å². The first kappa shape index (κ1) is 17.9. The topological polar surface area (TPSA) is 73.2 Å². The van der Waals surface area contributed by atoms with Crippen LogP contribution in [0.15, 0.2) is 48.8 Å². The normalized spacial score (nSPS) is 12.0. The zero-order valence-electron chi connectivity index (χ0n) is 14.4. The number of benzene rings is 1. The number of rotatable bonds is 5. The lowest BCUT2D eigenvalue weighted by Crippen LogP contribution is -2.30. The highest BCUT2D eigenvalue weighted by Gasteiger charge is 2.22. The molecule has 0 bridgehead atoms. The summed E-state index contributed by atoms with van der Waals surface area (Å²) in [5.74, 6) is -0.669. The molecule has 1 amide bonds. The first-order valence-electron chi connectivity index (χ1n) is 8.21. The van der Waals surface area contributed by atoms with Crippen molar-refractivity contribution in [2.24, 2.45) is 0 Å². The van der Waals surface area contributed by atoms with Crippen molar-refractivity contribution in [3.05, 3.63) is 59.4 Å². The van der Waals surface area contributed by atoms with E-state index in [2.05, 4.69) is 10.3 Å². The molecule has 26 heavy (non-hydrogen) atoms. The van der Waals surface area contributed by atoms with Gasteiger partial charge in [0.05, 0.1) is 10.6 Å². The van der Waals surface area contributed by atoms with E-state index >= 15 is 0 Å². The van der Waals surface area contributed by atoms with Crippen molar-refractivity contribution in [1.82, 2.24) is 9.55 Å². The lowest BCUT2D eigenvalue weighted by atomic mass is 10.2. The zero-order chi connectivity index (χ0) is 18.7. The van der Waals surface area contributed by atoms with Gasteiger partial charge in [-0.3, -0.25) is 4.79 Å². The van der Waals surface area contributed by atoms with E-state index in [-0.39, 0.29) is 0 Å². The van der Waals surface area contributed by atoms with E-state index < -0.39 is 18.0 Å². The Kier molecular flexibility index (Phi) is 5.23. The molecule has 0 aliphatic carbocycles. The van der Waals surface area contributed by atoms with E-state index in [1.165, 1.54) is 13.1 Å². The highest BCUT2D eigenvalue weighted by molar-refractivity contribution is 6.30. The van der Waals surface area contributed by atoms with Crippen molar-refractivity contribution < 1.29 is 14.3 Å². The molecule has 0 aliphatic rings. The molecular formula is C19H18ClN3O3. The zero-order valence-corrected chi connectivity index (χ0v) is 15.2. The summed E-state index contributed by atoms with van der Waals surface area (Å²) in [4.78, 5) is 28.8. The van der Waals surface area contributed by atoms with Gasteiger partial charge in [0, 0.05) is 29.8 Å². The molecule has 2 heterocycles. The molecule has 6 nitrogen and oxygen atoms in total. The number of aryl methyl sites for hydroxylation is 1. The van der Waals surface area contributed by atoms with Gasteiger partial charge in [0.15, 0.2) is 6.10 Å². The molecule has 1 atom stereocenters. The number of nitrogens with one attached hydrogen (secondary N) is 1. The van der Waals surface area contributed by atoms with Gasteiger partial charge in [-0.25, -0.2) is 9.78 Å². The Morgan fingerprint density at radius 3 is 2.73 bits per heavy atom. The minimum absolute atomic E-state index is 0.338. The summed E-state index contributed by atoms with van der Waals surface area (Å²) < 4.78 is 7.31. The average molecular weight is 372 g/mol. The Hall–Kier alpha value is -2.86. The number of ether oxygens (including phenoxy) is 1. The second kappa shape index (κ2) is 7.58. The quantitative estimate of drug-likeness (QED) is 0.690. The first-order chi connectivity index (χ1) is 12.5. The van der Waals surface area contributed by atoms with Crippen LogP contribution in [0.1, 0.15) is 24.2 Å². The maximum Gasteiger partial charge on any atom is 0.341 e. The third-order valence-electron chi connectivity index (χ3n) is 3.98. The van der Waals surface area contributed by atoms with E-state index in [1.807, 2.05) is 35.8 Å². The van der Waals surface area contributed by atoms with E-state index in [0.717, 1.165) is 17.4 Å². The molecule has 0 aliphatic heterocycles. The molecule has 7 heteroatoms. The Morgan fingerprint density at radius 1 is 1.27 bits per heavy atom. The molecule has 2 aromatic heterocycles. The number of hydrogen-bond donors (Lipinski definition) is 1. The SMILES string of the molecule is CCn1cc(C(=O)O[C@H](C)C(=O)Nc2ccc(Cl)cn2)c2ccccc21. The number of aromatic nitrogens is 2. The summed E-state index contributed by atoms with van der Waals surface area (Å²) in [6.45, 7) is 4.24. The predicted octanol–water partition coefficient (Wildman–Crippen LogP) is 3.89. The van der Waals surface area contributed by atoms with Crippen LogP contribution in [0.5, 0.6) is 0 Å². The molecule has 0 saturated heterocycles. The van der Waals surface area contributed by atoms with Gasteiger partial charge in [-0.1, -0.05) is 29.8 Å². The van der Waals surface area contributed by atoms with Crippen LogP contribution in [0, 0.1) is 0 Å². The molecule has 0 unspecified atom stereocenters. The van der Waals surface area contributed by atoms with Gasteiger partial charge in [-0.2, -0.15) is 0 Å². The van der Waals surface area contributed by atoms with Crippen LogP contribution >= 0.6 is 11.6 Å². The van der Waals surface area contributed by atoms with Crippen LogP contribution in [0.2, 0.25) is 5.02 Å². The van der Waals surface area contributed by atoms with Gasteiger partial charge in [-0.15, -0.1) is 0 Å². The smallest absolute Gasteiger partial charge is 0.341 e. The molecule has 3 rings (SSSR count). The number of halogens is 1. The Labute approximate surface area is 155 Å². The van der Waals surface area contributed by atoms with Gasteiger partial charge in [0.2, 0.25) is 0 Å². The maximum absolute atomic E-state index is 12.6. The lowest BCUT2D eigenvalue weighted by Gasteiger charge is -2.12. The summed E-state index contributed by atoms with van der Waals surface area (Å²) >= 11 is 5.76. The number of amides is 1. The number of fused-ring (bicyclic) bond motifs is 1. The van der Waals surface area contributed by atoms with Crippen molar-refractivity contribution in [1.29, 1.82) is 0 Å². The number of nitrogens with zero attached hydrogens (tertiary/aromatic N) is 2. The Bertz CT molecular complexity index is 950. The van der Waals surface area contributed by atoms with Gasteiger partial charge in [-0.05, 0) is 32.0 Å². The highest BCUT2D eigenvalue weighted by atomic mass is 35.5. The van der Waals surface area contributed by atoms with Crippen molar-refractivity contribution in [3.63, 3.8) is 0 Å². The number of carbonyl (C=O) groups is 2. The van der Waals surface area contributed by atoms with Crippen LogP contribution in [0.3, 0.4) is 0 Å². The molecule has 3 aromatic rings. The number of anilines is 1. The van der Waals surface area contributed by atoms with Gasteiger partial charge in [0.1, 0.15) is 5.82 Å². The molecule has 0 radical (unpaired) electrons. The molecule has 1 N–H and O–H groups in total. The fourth-order valence-corrected chi connectivity index (χ4v) is 2.74. The molecular weight excluding hydrogens is 354 g/mol. The van der Waals surface area contributed by atoms with Gasteiger partial charge in [0.25, 0.3) is 5.91 Å². The first-order valence-corrected chi connectivity index (χ1v) is 8.58. The van der Waals surface area contributed by atoms with Crippen molar-refractivity contribution in [2.45, 2.75) is 26.5 Å². The van der Waals surface area contributed by atoms with Crippen LogP contribution in [-0.2, 0) is 16.1 Å². The second-order valence-corrected chi connectivity index (χ2v) is 6.18. The number of esters is 1. The monoisotopic (exact) mass is 371 g/mol. The largest absolute Gasteiger partial charge is 0.449 e. The molecule has 1 aromatic carbocycles. The minimum Gasteiger partial charge on any atom is -0.449 e. The van der Waals surface area contributed by atoms with E-state index in [1.54, 1.807) is 18.3 Å². The van der Waals surface area contributed by atoms with E-state index in [4.69, 9.17) is 16.3 Å². The number of hydrogen-bond acceptors (Lipinski definition) is 4. The standard InChI is InChI=1S/C19H18ClN3O3/c1-3-23-11-15(14-6-4-5-7-16(14)23)19(25)26-12(2)18(24)22-17-9-8-13(20)10-21-17/h4-12H,3H2,1-2H3,(H,21,22,24)/t12-/m1/s1. The highest BCUT2D eigenvalue weighted by Crippen LogP contribution is 2.22. The summed E-state index contributed by atoms with van der Waals surface area (Å²) in [7, 11) is 0. The van der Waals surface area contributed by atoms with Crippen molar-refractivity contribution in [2.75, 3.05) is 5.32 Å². The predicted molar refractivity (Wildman–Crippen MR) is 100 cm³/mol. The third-order valence-corrected chi connectivity index (χ3v) is 4.20. The minimum atomic E-state index is -0.969. The van der Waals surface area contributed by atoms with Gasteiger partial charge >= 0.3 is 5.97 Å². The third kappa shape index (κ3) is 3.70. The van der Waals surface area contributed by atoms with Crippen LogP contribution < -0.4 is 5.32 Å². The fourth-order valence-electron chi connectivity index (χ4n) is 2.63. The van der Waals surface area contributed by atoms with E-state index in [0.29, 0.717) is 16.4 Å². The van der Waals surface area contributed by atoms with E-state index in [9.17, 15) is 9.59 Å². The average Bonchev–Trinajstić information content (AvgIpc) is 3.02. The number of para-hydroxylation sites is 1. The second-order valence-electron chi connectivity index (χ2n) is 5.74. The maximum atomic E-state index is 12.6. The Morgan fingerprint density at radius 2 is 2.04 bits per heavy atom. The summed E-state index contributed by atoms with van der Waals surface area (Å²) in [5.41, 5.74) is 1.39. The van der Waals surface area contributed by atoms with Crippen molar-refractivity contribution >= 4 is 40.2 Å². The summed E-state index contributed by atoms with van der Waals surface area (Å²) in [5, 5.41) is 3.85. The molecule has 0 fully saturated rings. The number of carbonyl (C=O) groups excluding carboxylic acids is 2. The molecule has 134 valence electrons. The Balaban J connectivity index is 1.73. The summed E-state index contributed by atoms with van der Waals surface area (Å²) in [6.07, 6.45) is 2.20. The van der Waals surface area contributed by atoms with Crippen LogP contribution in [-0.4, -0.2) is 27.5 Å². The van der Waals surface area contributed by atoms with Crippen molar-refractivity contribution in [3.8, 4) is 0 Å². The van der Waals surface area contributed by atoms with Crippen LogP contribution in [0.4, 0.5) is 5.82 Å². The fraction of sp³-hybridized carbons (Fsp3) is 0.211.